The van der Waals surface area contributed by atoms with Crippen LogP contribution in [0.4, 0.5) is 8.78 Å². The van der Waals surface area contributed by atoms with Crippen molar-refractivity contribution in [2.45, 2.75) is 79.1 Å². The lowest BCUT2D eigenvalue weighted by molar-refractivity contribution is 0.608. The van der Waals surface area contributed by atoms with Crippen LogP contribution in [0.15, 0.2) is 30.5 Å². The van der Waals surface area contributed by atoms with Crippen molar-refractivity contribution in [3.05, 3.63) is 64.5 Å². The Morgan fingerprint density at radius 1 is 0.615 bits per heavy atom. The van der Waals surface area contributed by atoms with Gasteiger partial charge in [-0.05, 0) is 58.6 Å². The van der Waals surface area contributed by atoms with Crippen molar-refractivity contribution in [1.82, 2.24) is 4.98 Å². The highest BCUT2D eigenvalue weighted by atomic mass is 19.1. The molecular formula is C23H33F2N. The Kier molecular flexibility index (Phi) is 8.39. The van der Waals surface area contributed by atoms with E-state index in [1.165, 1.54) is 11.8 Å². The van der Waals surface area contributed by atoms with Crippen molar-refractivity contribution >= 4 is 0 Å². The Labute approximate surface area is 157 Å². The van der Waals surface area contributed by atoms with Crippen LogP contribution < -0.4 is 0 Å². The zero-order chi connectivity index (χ0) is 20.0. The minimum absolute atomic E-state index is 0.131. The number of aromatic nitrogens is 1. The smallest absolute Gasteiger partial charge is 0.141 e. The minimum Gasteiger partial charge on any atom is -0.258 e. The first-order valence-corrected chi connectivity index (χ1v) is 9.49. The average molecular weight is 362 g/mol. The van der Waals surface area contributed by atoms with Crippen LogP contribution in [0, 0.1) is 11.6 Å². The third kappa shape index (κ3) is 6.19. The van der Waals surface area contributed by atoms with Crippen LogP contribution in [-0.2, 0) is 0 Å². The van der Waals surface area contributed by atoms with Gasteiger partial charge in [0.25, 0.3) is 0 Å². The largest absolute Gasteiger partial charge is 0.258 e. The van der Waals surface area contributed by atoms with Crippen molar-refractivity contribution in [3.8, 4) is 0 Å². The molecule has 0 saturated carbocycles. The molecule has 26 heavy (non-hydrogen) atoms. The van der Waals surface area contributed by atoms with Gasteiger partial charge in [-0.3, -0.25) is 4.98 Å². The SMILES string of the molecule is CC(C)c1cc(F)cnc1C(C)C.CC(C)c1ccc(F)cc1C(C)C. The lowest BCUT2D eigenvalue weighted by atomic mass is 9.91. The van der Waals surface area contributed by atoms with Gasteiger partial charge in [-0.25, -0.2) is 8.78 Å². The fourth-order valence-electron chi connectivity index (χ4n) is 2.98. The number of halogens is 2. The average Bonchev–Trinajstić information content (AvgIpc) is 2.54. The second-order valence-electron chi connectivity index (χ2n) is 8.02. The molecule has 2 rings (SSSR count). The Balaban J connectivity index is 0.000000260. The molecule has 1 heterocycles. The van der Waals surface area contributed by atoms with Gasteiger partial charge >= 0.3 is 0 Å². The second kappa shape index (κ2) is 9.80. The van der Waals surface area contributed by atoms with Gasteiger partial charge in [-0.1, -0.05) is 61.5 Å². The molecule has 0 N–H and O–H groups in total. The predicted octanol–water partition coefficient (Wildman–Crippen LogP) is 7.54. The molecule has 0 atom stereocenters. The standard InChI is InChI=1S/C12H17F.C11H16FN/c1-8(2)11-6-5-10(13)7-12(11)9(3)4;1-7(2)10-5-9(12)6-13-11(10)8(3)4/h5-9H,1-4H3;5-8H,1-4H3. The zero-order valence-electron chi connectivity index (χ0n) is 17.4. The van der Waals surface area contributed by atoms with E-state index in [0.717, 1.165) is 16.8 Å². The lowest BCUT2D eigenvalue weighted by Crippen LogP contribution is -2.02. The Morgan fingerprint density at radius 2 is 1.12 bits per heavy atom. The van der Waals surface area contributed by atoms with E-state index in [4.69, 9.17) is 0 Å². The molecule has 0 fully saturated rings. The molecule has 144 valence electrons. The summed E-state index contributed by atoms with van der Waals surface area (Å²) in [6.07, 6.45) is 1.29. The number of pyridine rings is 1. The van der Waals surface area contributed by atoms with Crippen LogP contribution in [0.5, 0.6) is 0 Å². The molecule has 0 aliphatic carbocycles. The fourth-order valence-corrected chi connectivity index (χ4v) is 2.98. The Bertz CT molecular complexity index is 642. The highest BCUT2D eigenvalue weighted by Gasteiger charge is 2.12. The molecule has 3 heteroatoms. The van der Waals surface area contributed by atoms with Crippen LogP contribution in [-0.4, -0.2) is 4.98 Å². The van der Waals surface area contributed by atoms with Gasteiger partial charge in [0.1, 0.15) is 11.6 Å². The van der Waals surface area contributed by atoms with E-state index in [-0.39, 0.29) is 11.6 Å². The van der Waals surface area contributed by atoms with Crippen molar-refractivity contribution in [2.24, 2.45) is 0 Å². The van der Waals surface area contributed by atoms with Crippen molar-refractivity contribution in [3.63, 3.8) is 0 Å². The highest BCUT2D eigenvalue weighted by molar-refractivity contribution is 5.32. The van der Waals surface area contributed by atoms with E-state index in [0.29, 0.717) is 23.7 Å². The van der Waals surface area contributed by atoms with E-state index >= 15 is 0 Å². The quantitative estimate of drug-likeness (QED) is 0.548. The Hall–Kier alpha value is -1.77. The van der Waals surface area contributed by atoms with E-state index in [9.17, 15) is 8.78 Å². The summed E-state index contributed by atoms with van der Waals surface area (Å²) in [7, 11) is 0. The Morgan fingerprint density at radius 3 is 1.58 bits per heavy atom. The van der Waals surface area contributed by atoms with E-state index < -0.39 is 0 Å². The predicted molar refractivity (Wildman–Crippen MR) is 107 cm³/mol. The van der Waals surface area contributed by atoms with Crippen LogP contribution in [0.1, 0.15) is 101 Å². The topological polar surface area (TPSA) is 12.9 Å². The molecule has 0 unspecified atom stereocenters. The molecular weight excluding hydrogens is 328 g/mol. The van der Waals surface area contributed by atoms with Crippen LogP contribution >= 0.6 is 0 Å². The first-order chi connectivity index (χ1) is 12.0. The molecule has 1 nitrogen and oxygen atoms in total. The maximum absolute atomic E-state index is 13.0. The zero-order valence-corrected chi connectivity index (χ0v) is 17.4. The third-order valence-electron chi connectivity index (χ3n) is 4.38. The second-order valence-corrected chi connectivity index (χ2v) is 8.02. The summed E-state index contributed by atoms with van der Waals surface area (Å²) >= 11 is 0. The first-order valence-electron chi connectivity index (χ1n) is 9.49. The highest BCUT2D eigenvalue weighted by Crippen LogP contribution is 2.26. The van der Waals surface area contributed by atoms with Gasteiger partial charge in [-0.2, -0.15) is 0 Å². The molecule has 0 amide bonds. The van der Waals surface area contributed by atoms with Crippen molar-refractivity contribution in [1.29, 1.82) is 0 Å². The normalized spacial score (nSPS) is 11.3. The molecule has 0 aliphatic rings. The van der Waals surface area contributed by atoms with Gasteiger partial charge in [0.05, 0.1) is 6.20 Å². The van der Waals surface area contributed by atoms with E-state index in [2.05, 4.69) is 60.4 Å². The first kappa shape index (κ1) is 22.3. The number of hydrogen-bond acceptors (Lipinski definition) is 1. The maximum atomic E-state index is 13.0. The number of nitrogens with zero attached hydrogens (tertiary/aromatic N) is 1. The number of hydrogen-bond donors (Lipinski definition) is 0. The molecule has 0 saturated heterocycles. The summed E-state index contributed by atoms with van der Waals surface area (Å²) in [4.78, 5) is 4.12. The van der Waals surface area contributed by atoms with Crippen LogP contribution in [0.25, 0.3) is 0 Å². The number of benzene rings is 1. The summed E-state index contributed by atoms with van der Waals surface area (Å²) in [6, 6.07) is 6.68. The lowest BCUT2D eigenvalue weighted by Gasteiger charge is -2.15. The molecule has 0 bridgehead atoms. The monoisotopic (exact) mass is 361 g/mol. The van der Waals surface area contributed by atoms with Gasteiger partial charge in [0, 0.05) is 5.69 Å². The van der Waals surface area contributed by atoms with Crippen molar-refractivity contribution < 1.29 is 8.78 Å². The van der Waals surface area contributed by atoms with Gasteiger partial charge in [-0.15, -0.1) is 0 Å². The minimum atomic E-state index is -0.242. The summed E-state index contributed by atoms with van der Waals surface area (Å²) in [5.74, 6) is 1.19. The summed E-state index contributed by atoms with van der Waals surface area (Å²) in [5, 5.41) is 0. The summed E-state index contributed by atoms with van der Waals surface area (Å²) < 4.78 is 25.9. The molecule has 1 aromatic heterocycles. The van der Waals surface area contributed by atoms with Gasteiger partial charge in [0.15, 0.2) is 0 Å². The third-order valence-corrected chi connectivity index (χ3v) is 4.38. The van der Waals surface area contributed by atoms with Gasteiger partial charge in [0.2, 0.25) is 0 Å². The van der Waals surface area contributed by atoms with E-state index in [1.54, 1.807) is 18.2 Å². The van der Waals surface area contributed by atoms with E-state index in [1.807, 2.05) is 6.07 Å². The summed E-state index contributed by atoms with van der Waals surface area (Å²) in [6.45, 7) is 16.7. The molecule has 0 aliphatic heterocycles. The van der Waals surface area contributed by atoms with Gasteiger partial charge < -0.3 is 0 Å². The van der Waals surface area contributed by atoms with Crippen LogP contribution in [0.3, 0.4) is 0 Å². The molecule has 0 radical (unpaired) electrons. The molecule has 2 aromatic rings. The molecule has 1 aromatic carbocycles. The molecule has 0 spiro atoms. The number of rotatable bonds is 4. The van der Waals surface area contributed by atoms with Crippen LogP contribution in [0.2, 0.25) is 0 Å². The fraction of sp³-hybridized carbons (Fsp3) is 0.522. The summed E-state index contributed by atoms with van der Waals surface area (Å²) in [5.41, 5.74) is 4.43. The maximum Gasteiger partial charge on any atom is 0.141 e. The van der Waals surface area contributed by atoms with Crippen molar-refractivity contribution in [2.75, 3.05) is 0 Å².